The normalized spacial score (nSPS) is 11.6. The number of halogens is 3. The van der Waals surface area contributed by atoms with E-state index in [1.54, 1.807) is 0 Å². The average molecular weight is 352 g/mol. The number of aromatic hydroxyl groups is 1. The zero-order chi connectivity index (χ0) is 18.6. The molecule has 0 aliphatic rings. The molecule has 132 valence electrons. The molecule has 0 heterocycles. The molecule has 2 aromatic rings. The topological polar surface area (TPSA) is 55.8 Å². The number of ether oxygens (including phenoxy) is 2. The van der Waals surface area contributed by atoms with Gasteiger partial charge < -0.3 is 14.6 Å². The van der Waals surface area contributed by atoms with Gasteiger partial charge in [0, 0.05) is 5.56 Å². The van der Waals surface area contributed by atoms with Gasteiger partial charge in [0.25, 0.3) is 0 Å². The van der Waals surface area contributed by atoms with E-state index in [4.69, 9.17) is 9.47 Å². The van der Waals surface area contributed by atoms with Crippen molar-refractivity contribution in [3.05, 3.63) is 59.2 Å². The van der Waals surface area contributed by atoms with Crippen LogP contribution in [0, 0.1) is 0 Å². The van der Waals surface area contributed by atoms with Gasteiger partial charge in [-0.2, -0.15) is 13.2 Å². The van der Waals surface area contributed by atoms with E-state index in [0.717, 1.165) is 18.2 Å². The summed E-state index contributed by atoms with van der Waals surface area (Å²) in [6.45, 7) is 0. The number of rotatable bonds is 5. The van der Waals surface area contributed by atoms with Crippen LogP contribution in [-0.2, 0) is 6.18 Å². The van der Waals surface area contributed by atoms with Crippen molar-refractivity contribution >= 4 is 11.9 Å². The third kappa shape index (κ3) is 4.12. The highest BCUT2D eigenvalue weighted by Gasteiger charge is 2.34. The van der Waals surface area contributed by atoms with Crippen molar-refractivity contribution in [2.75, 3.05) is 14.2 Å². The molecule has 0 radical (unpaired) electrons. The van der Waals surface area contributed by atoms with Gasteiger partial charge in [-0.05, 0) is 29.8 Å². The molecular weight excluding hydrogens is 337 g/mol. The van der Waals surface area contributed by atoms with E-state index in [1.807, 2.05) is 0 Å². The third-order valence-corrected chi connectivity index (χ3v) is 3.43. The molecule has 7 heteroatoms. The molecular formula is C18H15F3O4. The van der Waals surface area contributed by atoms with E-state index in [9.17, 15) is 23.1 Å². The summed E-state index contributed by atoms with van der Waals surface area (Å²) in [5.41, 5.74) is -1.01. The highest BCUT2D eigenvalue weighted by Crippen LogP contribution is 2.37. The molecule has 0 saturated heterocycles. The van der Waals surface area contributed by atoms with Crippen LogP contribution in [0.3, 0.4) is 0 Å². The maximum Gasteiger partial charge on any atom is 0.417 e. The average Bonchev–Trinajstić information content (AvgIpc) is 2.59. The molecule has 2 aromatic carbocycles. The number of hydrogen-bond acceptors (Lipinski definition) is 4. The Balaban J connectivity index is 2.36. The van der Waals surface area contributed by atoms with Crippen LogP contribution in [0.1, 0.15) is 21.5 Å². The van der Waals surface area contributed by atoms with Gasteiger partial charge in [0.15, 0.2) is 17.3 Å². The van der Waals surface area contributed by atoms with Crippen LogP contribution in [0.2, 0.25) is 0 Å². The van der Waals surface area contributed by atoms with Crippen LogP contribution in [0.5, 0.6) is 17.2 Å². The van der Waals surface area contributed by atoms with Gasteiger partial charge in [0.2, 0.25) is 5.75 Å². The van der Waals surface area contributed by atoms with Crippen molar-refractivity contribution in [3.63, 3.8) is 0 Å². The number of methoxy groups -OCH3 is 2. The predicted octanol–water partition coefficient (Wildman–Crippen LogP) is 4.32. The van der Waals surface area contributed by atoms with Crippen LogP contribution in [0.15, 0.2) is 42.5 Å². The van der Waals surface area contributed by atoms with Crippen molar-refractivity contribution < 1.29 is 32.5 Å². The minimum Gasteiger partial charge on any atom is -0.502 e. The van der Waals surface area contributed by atoms with Crippen LogP contribution in [0.4, 0.5) is 13.2 Å². The van der Waals surface area contributed by atoms with Gasteiger partial charge in [-0.15, -0.1) is 0 Å². The number of benzene rings is 2. The lowest BCUT2D eigenvalue weighted by Gasteiger charge is -2.10. The molecule has 0 aromatic heterocycles. The van der Waals surface area contributed by atoms with Crippen molar-refractivity contribution in [1.82, 2.24) is 0 Å². The van der Waals surface area contributed by atoms with Gasteiger partial charge in [0.05, 0.1) is 19.8 Å². The molecule has 0 atom stereocenters. The van der Waals surface area contributed by atoms with E-state index < -0.39 is 23.1 Å². The lowest BCUT2D eigenvalue weighted by Crippen LogP contribution is -2.11. The van der Waals surface area contributed by atoms with Crippen LogP contribution in [-0.4, -0.2) is 25.1 Å². The summed E-state index contributed by atoms with van der Waals surface area (Å²) in [4.78, 5) is 12.2. The van der Waals surface area contributed by atoms with E-state index >= 15 is 0 Å². The van der Waals surface area contributed by atoms with Crippen LogP contribution >= 0.6 is 0 Å². The van der Waals surface area contributed by atoms with E-state index in [-0.39, 0.29) is 17.2 Å². The first-order chi connectivity index (χ1) is 11.8. The molecule has 0 amide bonds. The number of phenolic OH excluding ortho intramolecular Hbond substituents is 1. The second kappa shape index (κ2) is 7.29. The Hall–Kier alpha value is -2.96. The summed E-state index contributed by atoms with van der Waals surface area (Å²) < 4.78 is 48.9. The monoisotopic (exact) mass is 352 g/mol. The maximum atomic E-state index is 13.0. The quantitative estimate of drug-likeness (QED) is 0.643. The van der Waals surface area contributed by atoms with Gasteiger partial charge >= 0.3 is 6.18 Å². The molecule has 0 unspecified atom stereocenters. The van der Waals surface area contributed by atoms with E-state index in [2.05, 4.69) is 0 Å². The molecule has 4 nitrogen and oxygen atoms in total. The molecule has 0 fully saturated rings. The molecule has 2 rings (SSSR count). The molecule has 0 aliphatic carbocycles. The Morgan fingerprint density at radius 3 is 2.16 bits per heavy atom. The summed E-state index contributed by atoms with van der Waals surface area (Å²) in [7, 11) is 2.68. The van der Waals surface area contributed by atoms with Crippen molar-refractivity contribution in [3.8, 4) is 17.2 Å². The molecule has 0 bridgehead atoms. The second-order valence-corrected chi connectivity index (χ2v) is 5.01. The number of alkyl halides is 3. The number of allylic oxidation sites excluding steroid dienone is 1. The Kier molecular flexibility index (Phi) is 5.36. The highest BCUT2D eigenvalue weighted by molar-refractivity contribution is 6.08. The molecule has 0 aliphatic heterocycles. The summed E-state index contributed by atoms with van der Waals surface area (Å²) in [5, 5.41) is 9.83. The van der Waals surface area contributed by atoms with Crippen molar-refractivity contribution in [2.45, 2.75) is 6.18 Å². The van der Waals surface area contributed by atoms with Crippen molar-refractivity contribution in [1.29, 1.82) is 0 Å². The predicted molar refractivity (Wildman–Crippen MR) is 86.0 cm³/mol. The fraction of sp³-hybridized carbons (Fsp3) is 0.167. The first-order valence-corrected chi connectivity index (χ1v) is 7.11. The molecule has 25 heavy (non-hydrogen) atoms. The zero-order valence-electron chi connectivity index (χ0n) is 13.4. The van der Waals surface area contributed by atoms with Crippen LogP contribution in [0.25, 0.3) is 6.08 Å². The molecule has 0 spiro atoms. The van der Waals surface area contributed by atoms with Crippen molar-refractivity contribution in [2.24, 2.45) is 0 Å². The third-order valence-electron chi connectivity index (χ3n) is 3.43. The number of hydrogen-bond donors (Lipinski definition) is 1. The molecule has 1 N–H and O–H groups in total. The summed E-state index contributed by atoms with van der Waals surface area (Å²) in [5.74, 6) is -0.779. The van der Waals surface area contributed by atoms with E-state index in [1.165, 1.54) is 44.6 Å². The van der Waals surface area contributed by atoms with Gasteiger partial charge in [-0.3, -0.25) is 4.79 Å². The number of carbonyl (C=O) groups excluding carboxylic acids is 1. The maximum absolute atomic E-state index is 13.0. The Bertz CT molecular complexity index is 785. The lowest BCUT2D eigenvalue weighted by molar-refractivity contribution is -0.137. The largest absolute Gasteiger partial charge is 0.502 e. The summed E-state index contributed by atoms with van der Waals surface area (Å²) in [6, 6.07) is 7.41. The summed E-state index contributed by atoms with van der Waals surface area (Å²) >= 11 is 0. The number of phenols is 1. The van der Waals surface area contributed by atoms with Gasteiger partial charge in [-0.25, -0.2) is 0 Å². The van der Waals surface area contributed by atoms with Gasteiger partial charge in [0.1, 0.15) is 0 Å². The Labute approximate surface area is 142 Å². The highest BCUT2D eigenvalue weighted by atomic mass is 19.4. The lowest BCUT2D eigenvalue weighted by atomic mass is 10.0. The smallest absolute Gasteiger partial charge is 0.417 e. The Morgan fingerprint density at radius 2 is 1.64 bits per heavy atom. The first kappa shape index (κ1) is 18.4. The number of carbonyl (C=O) groups is 1. The van der Waals surface area contributed by atoms with Gasteiger partial charge in [-0.1, -0.05) is 24.3 Å². The Morgan fingerprint density at radius 1 is 1.08 bits per heavy atom. The zero-order valence-corrected chi connectivity index (χ0v) is 13.4. The summed E-state index contributed by atoms with van der Waals surface area (Å²) in [6.07, 6.45) is -2.28. The number of ketones is 1. The molecule has 0 saturated carbocycles. The second-order valence-electron chi connectivity index (χ2n) is 5.01. The van der Waals surface area contributed by atoms with E-state index in [0.29, 0.717) is 5.56 Å². The fourth-order valence-corrected chi connectivity index (χ4v) is 2.22. The fourth-order valence-electron chi connectivity index (χ4n) is 2.22. The minimum atomic E-state index is -4.62. The first-order valence-electron chi connectivity index (χ1n) is 7.11. The SMILES string of the molecule is COc1cc(/C=C/C(=O)c2ccccc2C(F)(F)F)cc(OC)c1O. The minimum absolute atomic E-state index is 0.113. The standard InChI is InChI=1S/C18H15F3O4/c1-24-15-9-11(10-16(25-2)17(15)23)7-8-14(22)12-5-3-4-6-13(12)18(19,20)21/h3-10,23H,1-2H3/b8-7+. The van der Waals surface area contributed by atoms with Crippen LogP contribution < -0.4 is 9.47 Å².